The molecule has 0 aromatic heterocycles. The van der Waals surface area contributed by atoms with E-state index in [2.05, 4.69) is 26.8 Å². The molecule has 0 bridgehead atoms. The number of carbonyl (C=O) groups is 1. The molecular weight excluding hydrogens is 224 g/mol. The summed E-state index contributed by atoms with van der Waals surface area (Å²) in [5, 5.41) is 9.38. The molecule has 2 heteroatoms. The number of fused-ring (bicyclic) bond motifs is 1. The first-order valence-electron chi connectivity index (χ1n) is 6.73. The van der Waals surface area contributed by atoms with Gasteiger partial charge in [-0.25, -0.2) is 0 Å². The molecule has 1 unspecified atom stereocenters. The molecule has 0 fully saturated rings. The lowest BCUT2D eigenvalue weighted by atomic mass is 9.87. The summed E-state index contributed by atoms with van der Waals surface area (Å²) in [7, 11) is 0. The fourth-order valence-corrected chi connectivity index (χ4v) is 3.22. The molecule has 0 amide bonds. The van der Waals surface area contributed by atoms with Crippen LogP contribution in [0.15, 0.2) is 6.07 Å². The van der Waals surface area contributed by atoms with Gasteiger partial charge in [0.05, 0.1) is 5.41 Å². The van der Waals surface area contributed by atoms with Crippen LogP contribution in [0, 0.1) is 19.3 Å². The molecule has 1 N–H and O–H groups in total. The molecule has 0 saturated carbocycles. The first-order chi connectivity index (χ1) is 8.39. The van der Waals surface area contributed by atoms with Crippen LogP contribution >= 0.6 is 0 Å². The molecule has 18 heavy (non-hydrogen) atoms. The minimum atomic E-state index is -0.673. The van der Waals surface area contributed by atoms with E-state index in [4.69, 9.17) is 0 Å². The van der Waals surface area contributed by atoms with Gasteiger partial charge in [0.2, 0.25) is 0 Å². The highest BCUT2D eigenvalue weighted by Gasteiger charge is 2.40. The van der Waals surface area contributed by atoms with Gasteiger partial charge >= 0.3 is 5.97 Å². The van der Waals surface area contributed by atoms with Gasteiger partial charge in [0.15, 0.2) is 0 Å². The van der Waals surface area contributed by atoms with Crippen molar-refractivity contribution in [3.63, 3.8) is 0 Å². The number of carboxylic acid groups (broad SMARTS) is 1. The smallest absolute Gasteiger partial charge is 0.310 e. The van der Waals surface area contributed by atoms with Crippen LogP contribution in [0.2, 0.25) is 0 Å². The van der Waals surface area contributed by atoms with Crippen molar-refractivity contribution >= 4 is 5.97 Å². The largest absolute Gasteiger partial charge is 0.481 e. The average Bonchev–Trinajstić information content (AvgIpc) is 2.63. The second-order valence-electron chi connectivity index (χ2n) is 5.90. The van der Waals surface area contributed by atoms with Gasteiger partial charge in [0, 0.05) is 0 Å². The van der Waals surface area contributed by atoms with Crippen molar-refractivity contribution in [3.05, 3.63) is 33.9 Å². The molecule has 2 nitrogen and oxygen atoms in total. The van der Waals surface area contributed by atoms with Crippen LogP contribution in [0.3, 0.4) is 0 Å². The predicted octanol–water partition coefficient (Wildman–Crippen LogP) is 3.45. The molecule has 98 valence electrons. The lowest BCUT2D eigenvalue weighted by Crippen LogP contribution is -2.27. The zero-order chi connectivity index (χ0) is 13.5. The van der Waals surface area contributed by atoms with Gasteiger partial charge in [0.25, 0.3) is 0 Å². The third kappa shape index (κ3) is 1.94. The minimum absolute atomic E-state index is 0.607. The summed E-state index contributed by atoms with van der Waals surface area (Å²) in [6.07, 6.45) is 3.58. The molecule has 2 rings (SSSR count). The summed E-state index contributed by atoms with van der Waals surface area (Å²) >= 11 is 0. The Hall–Kier alpha value is -1.31. The molecule has 0 saturated heterocycles. The van der Waals surface area contributed by atoms with E-state index in [1.807, 2.05) is 6.92 Å². The van der Waals surface area contributed by atoms with Gasteiger partial charge in [-0.3, -0.25) is 4.79 Å². The van der Waals surface area contributed by atoms with Gasteiger partial charge in [0.1, 0.15) is 0 Å². The lowest BCUT2D eigenvalue weighted by molar-refractivity contribution is -0.147. The van der Waals surface area contributed by atoms with E-state index in [9.17, 15) is 9.90 Å². The molecule has 0 spiro atoms. The number of aryl methyl sites for hydroxylation is 1. The Morgan fingerprint density at radius 3 is 2.61 bits per heavy atom. The molecule has 1 aliphatic rings. The fourth-order valence-electron chi connectivity index (χ4n) is 3.22. The highest BCUT2D eigenvalue weighted by Crippen LogP contribution is 2.40. The Morgan fingerprint density at radius 2 is 2.06 bits per heavy atom. The summed E-state index contributed by atoms with van der Waals surface area (Å²) in [5.74, 6) is -0.673. The second kappa shape index (κ2) is 4.42. The average molecular weight is 246 g/mol. The summed E-state index contributed by atoms with van der Waals surface area (Å²) < 4.78 is 0. The molecule has 0 aliphatic heterocycles. The highest BCUT2D eigenvalue weighted by molar-refractivity contribution is 5.77. The van der Waals surface area contributed by atoms with Crippen LogP contribution in [-0.2, 0) is 24.1 Å². The van der Waals surface area contributed by atoms with Crippen LogP contribution in [0.4, 0.5) is 0 Å². The van der Waals surface area contributed by atoms with Crippen molar-refractivity contribution in [2.45, 2.75) is 53.4 Å². The van der Waals surface area contributed by atoms with Crippen molar-refractivity contribution < 1.29 is 9.90 Å². The normalized spacial score (nSPS) is 22.0. The summed E-state index contributed by atoms with van der Waals surface area (Å²) in [6, 6.07) is 2.21. The van der Waals surface area contributed by atoms with Crippen LogP contribution in [0.25, 0.3) is 0 Å². The van der Waals surface area contributed by atoms with Crippen molar-refractivity contribution in [3.8, 4) is 0 Å². The van der Waals surface area contributed by atoms with E-state index in [0.29, 0.717) is 12.8 Å². The number of hydrogen-bond donors (Lipinski definition) is 1. The summed E-state index contributed by atoms with van der Waals surface area (Å²) in [6.45, 7) is 8.36. The Kier molecular flexibility index (Phi) is 3.22. The number of hydrogen-bond acceptors (Lipinski definition) is 1. The van der Waals surface area contributed by atoms with Gasteiger partial charge in [-0.05, 0) is 67.9 Å². The monoisotopic (exact) mass is 246 g/mol. The van der Waals surface area contributed by atoms with Crippen LogP contribution in [0.1, 0.15) is 48.1 Å². The molecule has 0 radical (unpaired) electrons. The topological polar surface area (TPSA) is 37.3 Å². The number of benzene rings is 1. The Labute approximate surface area is 109 Å². The first-order valence-corrected chi connectivity index (χ1v) is 6.73. The minimum Gasteiger partial charge on any atom is -0.481 e. The Balaban J connectivity index is 2.48. The maximum absolute atomic E-state index is 11.4. The third-order valence-electron chi connectivity index (χ3n) is 4.32. The van der Waals surface area contributed by atoms with Gasteiger partial charge in [-0.1, -0.05) is 19.4 Å². The summed E-state index contributed by atoms with van der Waals surface area (Å²) in [4.78, 5) is 11.4. The maximum Gasteiger partial charge on any atom is 0.310 e. The third-order valence-corrected chi connectivity index (χ3v) is 4.32. The Bertz CT molecular complexity index is 502. The van der Waals surface area contributed by atoms with Crippen molar-refractivity contribution in [2.24, 2.45) is 5.41 Å². The molecule has 0 heterocycles. The van der Waals surface area contributed by atoms with E-state index in [0.717, 1.165) is 12.8 Å². The molecule has 1 aromatic carbocycles. The van der Waals surface area contributed by atoms with Crippen molar-refractivity contribution in [2.75, 3.05) is 0 Å². The first kappa shape index (κ1) is 13.1. The second-order valence-corrected chi connectivity index (χ2v) is 5.90. The zero-order valence-electron chi connectivity index (χ0n) is 11.8. The van der Waals surface area contributed by atoms with Crippen LogP contribution < -0.4 is 0 Å². The fraction of sp³-hybridized carbons (Fsp3) is 0.562. The van der Waals surface area contributed by atoms with Crippen molar-refractivity contribution in [1.29, 1.82) is 0 Å². The molecule has 1 aliphatic carbocycles. The van der Waals surface area contributed by atoms with Gasteiger partial charge in [-0.15, -0.1) is 0 Å². The van der Waals surface area contributed by atoms with E-state index in [1.54, 1.807) is 0 Å². The molecule has 1 atom stereocenters. The summed E-state index contributed by atoms with van der Waals surface area (Å²) in [5.41, 5.74) is 6.00. The number of carboxylic acids is 1. The number of rotatable bonds is 3. The Morgan fingerprint density at radius 1 is 1.39 bits per heavy atom. The van der Waals surface area contributed by atoms with Crippen molar-refractivity contribution in [1.82, 2.24) is 0 Å². The van der Waals surface area contributed by atoms with Crippen LogP contribution in [0.5, 0.6) is 0 Å². The molecular formula is C16H22O2. The SMILES string of the molecule is CCCc1c(C)cc2c(c1C)CC(C)(C(=O)O)C2. The van der Waals surface area contributed by atoms with E-state index >= 15 is 0 Å². The van der Waals surface area contributed by atoms with Crippen LogP contribution in [-0.4, -0.2) is 11.1 Å². The predicted molar refractivity (Wildman–Crippen MR) is 73.1 cm³/mol. The van der Waals surface area contributed by atoms with E-state index in [-0.39, 0.29) is 0 Å². The van der Waals surface area contributed by atoms with E-state index in [1.165, 1.54) is 27.8 Å². The zero-order valence-corrected chi connectivity index (χ0v) is 11.8. The lowest BCUT2D eigenvalue weighted by Gasteiger charge is -2.16. The van der Waals surface area contributed by atoms with E-state index < -0.39 is 11.4 Å². The molecule has 1 aromatic rings. The maximum atomic E-state index is 11.4. The standard InChI is InChI=1S/C16H22O2/c1-5-6-13-10(2)7-12-8-16(4,15(17)18)9-14(12)11(13)3/h7H,5-6,8-9H2,1-4H3,(H,17,18). The quantitative estimate of drug-likeness (QED) is 0.887. The number of aliphatic carboxylic acids is 1. The van der Waals surface area contributed by atoms with Gasteiger partial charge in [-0.2, -0.15) is 0 Å². The highest BCUT2D eigenvalue weighted by atomic mass is 16.4. The van der Waals surface area contributed by atoms with Gasteiger partial charge < -0.3 is 5.11 Å².